The second-order valence-corrected chi connectivity index (χ2v) is 3.52. The molecule has 0 aliphatic heterocycles. The van der Waals surface area contributed by atoms with Crippen LogP contribution in [0.5, 0.6) is 0 Å². The number of nitriles is 1. The van der Waals surface area contributed by atoms with E-state index in [4.69, 9.17) is 15.7 Å². The van der Waals surface area contributed by atoms with Gasteiger partial charge < -0.3 is 10.5 Å². The van der Waals surface area contributed by atoms with Crippen LogP contribution in [0.3, 0.4) is 0 Å². The maximum Gasteiger partial charge on any atom is 0.0992 e. The number of hydrogen-bond acceptors (Lipinski definition) is 3. The first-order valence-corrected chi connectivity index (χ1v) is 5.64. The molecule has 0 saturated carbocycles. The maximum atomic E-state index is 8.77. The van der Waals surface area contributed by atoms with Gasteiger partial charge in [0.15, 0.2) is 0 Å². The summed E-state index contributed by atoms with van der Waals surface area (Å²) in [6, 6.07) is 7.18. The molecule has 0 radical (unpaired) electrons. The molecule has 0 atom stereocenters. The summed E-state index contributed by atoms with van der Waals surface area (Å²) in [4.78, 5) is 0. The number of anilines is 1. The number of unbranched alkanes of at least 4 members (excludes halogenated alkanes) is 1. The van der Waals surface area contributed by atoms with Gasteiger partial charge in [-0.2, -0.15) is 5.26 Å². The Bertz CT molecular complexity index is 463. The zero-order chi connectivity index (χ0) is 12.5. The molecule has 2 N–H and O–H groups in total. The first-order chi connectivity index (χ1) is 8.27. The summed E-state index contributed by atoms with van der Waals surface area (Å²) >= 11 is 0. The second kappa shape index (κ2) is 7.33. The van der Waals surface area contributed by atoms with Gasteiger partial charge in [-0.05, 0) is 31.5 Å². The van der Waals surface area contributed by atoms with Crippen molar-refractivity contribution in [3.05, 3.63) is 29.3 Å². The zero-order valence-corrected chi connectivity index (χ0v) is 9.99. The Labute approximate surface area is 102 Å². The highest BCUT2D eigenvalue weighted by Crippen LogP contribution is 2.12. The van der Waals surface area contributed by atoms with Crippen LogP contribution in [0.2, 0.25) is 0 Å². The molecule has 1 rings (SSSR count). The fraction of sp³-hybridized carbons (Fsp3) is 0.357. The molecule has 0 heterocycles. The summed E-state index contributed by atoms with van der Waals surface area (Å²) in [6.45, 7) is 3.45. The third-order valence-corrected chi connectivity index (χ3v) is 2.20. The molecule has 0 saturated heterocycles. The van der Waals surface area contributed by atoms with Crippen LogP contribution >= 0.6 is 0 Å². The molecule has 0 bridgehead atoms. The van der Waals surface area contributed by atoms with E-state index in [0.29, 0.717) is 11.3 Å². The van der Waals surface area contributed by atoms with Crippen LogP contribution in [0, 0.1) is 23.2 Å². The van der Waals surface area contributed by atoms with Gasteiger partial charge in [-0.3, -0.25) is 0 Å². The normalized spacial score (nSPS) is 9.18. The van der Waals surface area contributed by atoms with E-state index in [1.54, 1.807) is 18.2 Å². The largest absolute Gasteiger partial charge is 0.398 e. The highest BCUT2D eigenvalue weighted by molar-refractivity contribution is 5.58. The van der Waals surface area contributed by atoms with E-state index in [1.165, 1.54) is 0 Å². The summed E-state index contributed by atoms with van der Waals surface area (Å²) < 4.78 is 5.21. The van der Waals surface area contributed by atoms with E-state index in [0.717, 1.165) is 31.6 Å². The van der Waals surface area contributed by atoms with Crippen molar-refractivity contribution < 1.29 is 4.74 Å². The first kappa shape index (κ1) is 13.1. The van der Waals surface area contributed by atoms with Gasteiger partial charge in [0.05, 0.1) is 11.6 Å². The second-order valence-electron chi connectivity index (χ2n) is 3.52. The van der Waals surface area contributed by atoms with Gasteiger partial charge in [-0.1, -0.05) is 11.8 Å². The van der Waals surface area contributed by atoms with E-state index in [2.05, 4.69) is 17.9 Å². The van der Waals surface area contributed by atoms with Gasteiger partial charge >= 0.3 is 0 Å². The minimum Gasteiger partial charge on any atom is -0.398 e. The van der Waals surface area contributed by atoms with E-state index in [-0.39, 0.29) is 0 Å². The molecule has 88 valence electrons. The van der Waals surface area contributed by atoms with Crippen molar-refractivity contribution in [3.8, 4) is 17.9 Å². The van der Waals surface area contributed by atoms with E-state index in [9.17, 15) is 0 Å². The summed E-state index contributed by atoms with van der Waals surface area (Å²) in [5.41, 5.74) is 7.69. The lowest BCUT2D eigenvalue weighted by molar-refractivity contribution is 0.146. The summed E-state index contributed by atoms with van der Waals surface area (Å²) in [5.74, 6) is 6.02. The van der Waals surface area contributed by atoms with Crippen molar-refractivity contribution in [1.82, 2.24) is 0 Å². The smallest absolute Gasteiger partial charge is 0.0992 e. The van der Waals surface area contributed by atoms with Crippen molar-refractivity contribution in [2.24, 2.45) is 0 Å². The Hall–Kier alpha value is -1.97. The number of nitrogens with zero attached hydrogens (tertiary/aromatic N) is 1. The van der Waals surface area contributed by atoms with Crippen LogP contribution in [-0.2, 0) is 4.74 Å². The van der Waals surface area contributed by atoms with Crippen molar-refractivity contribution in [2.45, 2.75) is 19.8 Å². The van der Waals surface area contributed by atoms with Crippen LogP contribution in [0.4, 0.5) is 5.69 Å². The predicted octanol–water partition coefficient (Wildman–Crippen LogP) is 2.31. The average Bonchev–Trinajstić information content (AvgIpc) is 2.35. The van der Waals surface area contributed by atoms with Gasteiger partial charge in [0.25, 0.3) is 0 Å². The van der Waals surface area contributed by atoms with Crippen LogP contribution in [0.25, 0.3) is 0 Å². The summed E-state index contributed by atoms with van der Waals surface area (Å²) in [5, 5.41) is 8.77. The van der Waals surface area contributed by atoms with Crippen LogP contribution in [-0.4, -0.2) is 13.2 Å². The molecule has 1 aromatic carbocycles. The van der Waals surface area contributed by atoms with Crippen LogP contribution in [0.15, 0.2) is 18.2 Å². The fourth-order valence-electron chi connectivity index (χ4n) is 1.30. The molecular formula is C14H16N2O. The Morgan fingerprint density at radius 3 is 2.94 bits per heavy atom. The highest BCUT2D eigenvalue weighted by atomic mass is 16.5. The molecule has 0 aliphatic rings. The lowest BCUT2D eigenvalue weighted by Crippen LogP contribution is -1.92. The van der Waals surface area contributed by atoms with Gasteiger partial charge in [-0.15, -0.1) is 0 Å². The topological polar surface area (TPSA) is 59.0 Å². The molecule has 0 unspecified atom stereocenters. The number of nitrogens with two attached hydrogens (primary N) is 1. The third kappa shape index (κ3) is 4.59. The zero-order valence-electron chi connectivity index (χ0n) is 9.99. The van der Waals surface area contributed by atoms with E-state index in [1.807, 2.05) is 6.92 Å². The van der Waals surface area contributed by atoms with Crippen molar-refractivity contribution in [1.29, 1.82) is 5.26 Å². The van der Waals surface area contributed by atoms with Crippen molar-refractivity contribution in [3.63, 3.8) is 0 Å². The third-order valence-electron chi connectivity index (χ3n) is 2.20. The minimum absolute atomic E-state index is 0.581. The van der Waals surface area contributed by atoms with Gasteiger partial charge in [0.2, 0.25) is 0 Å². The Morgan fingerprint density at radius 1 is 1.41 bits per heavy atom. The Kier molecular flexibility index (Phi) is 5.64. The summed E-state index contributed by atoms with van der Waals surface area (Å²) in [6.07, 6.45) is 1.69. The average molecular weight is 228 g/mol. The number of rotatable bonds is 4. The molecule has 1 aromatic rings. The number of benzene rings is 1. The first-order valence-electron chi connectivity index (χ1n) is 5.64. The number of ether oxygens (including phenoxy) is 1. The van der Waals surface area contributed by atoms with Crippen LogP contribution < -0.4 is 5.73 Å². The molecule has 0 fully saturated rings. The molecule has 0 aromatic heterocycles. The number of hydrogen-bond donors (Lipinski definition) is 1. The van der Waals surface area contributed by atoms with E-state index < -0.39 is 0 Å². The van der Waals surface area contributed by atoms with Crippen LogP contribution in [0.1, 0.15) is 30.9 Å². The summed E-state index contributed by atoms with van der Waals surface area (Å²) in [7, 11) is 0. The van der Waals surface area contributed by atoms with Crippen molar-refractivity contribution in [2.75, 3.05) is 18.9 Å². The fourth-order valence-corrected chi connectivity index (χ4v) is 1.30. The van der Waals surface area contributed by atoms with Gasteiger partial charge in [0.1, 0.15) is 0 Å². The molecule has 17 heavy (non-hydrogen) atoms. The Morgan fingerprint density at radius 2 is 2.24 bits per heavy atom. The minimum atomic E-state index is 0.581. The predicted molar refractivity (Wildman–Crippen MR) is 68.2 cm³/mol. The number of nitrogen functional groups attached to an aromatic ring is 1. The molecular weight excluding hydrogens is 212 g/mol. The molecule has 0 spiro atoms. The molecule has 3 heteroatoms. The SMILES string of the molecule is CCOCCCC#Cc1cc(C#N)ccc1N. The highest BCUT2D eigenvalue weighted by Gasteiger charge is 1.97. The molecule has 0 amide bonds. The van der Waals surface area contributed by atoms with Crippen molar-refractivity contribution >= 4 is 5.69 Å². The standard InChI is InChI=1S/C14H16N2O/c1-2-17-9-5-3-4-6-13-10-12(11-15)7-8-14(13)16/h7-8,10H,2-3,5,9,16H2,1H3. The Balaban J connectivity index is 2.56. The lowest BCUT2D eigenvalue weighted by Gasteiger charge is -1.98. The van der Waals surface area contributed by atoms with E-state index >= 15 is 0 Å². The van der Waals surface area contributed by atoms with Gasteiger partial charge in [-0.25, -0.2) is 0 Å². The monoisotopic (exact) mass is 228 g/mol. The lowest BCUT2D eigenvalue weighted by atomic mass is 10.1. The quantitative estimate of drug-likeness (QED) is 0.488. The molecule has 0 aliphatic carbocycles. The van der Waals surface area contributed by atoms with Gasteiger partial charge in [0, 0.05) is 30.9 Å². The molecule has 3 nitrogen and oxygen atoms in total. The maximum absolute atomic E-state index is 8.77.